The molecular weight excluding hydrogens is 198 g/mol. The molecule has 3 nitrogen and oxygen atoms in total. The van der Waals surface area contributed by atoms with Crippen molar-refractivity contribution in [2.45, 2.75) is 17.7 Å². The van der Waals surface area contributed by atoms with Gasteiger partial charge >= 0.3 is 0 Å². The first kappa shape index (κ1) is 9.98. The van der Waals surface area contributed by atoms with Gasteiger partial charge in [0.1, 0.15) is 0 Å². The van der Waals surface area contributed by atoms with Gasteiger partial charge in [-0.1, -0.05) is 18.2 Å². The zero-order valence-corrected chi connectivity index (χ0v) is 8.78. The molecule has 0 spiro atoms. The molecule has 2 N–H and O–H groups in total. The summed E-state index contributed by atoms with van der Waals surface area (Å²) >= 11 is 0. The summed E-state index contributed by atoms with van der Waals surface area (Å²) in [7, 11) is -2.71. The van der Waals surface area contributed by atoms with Gasteiger partial charge in [-0.15, -0.1) is 10.8 Å². The van der Waals surface area contributed by atoms with Crippen LogP contribution in [0.3, 0.4) is 0 Å². The van der Waals surface area contributed by atoms with Crippen LogP contribution in [0.15, 0.2) is 35.2 Å². The van der Waals surface area contributed by atoms with E-state index in [0.29, 0.717) is 4.90 Å². The first-order valence-electron chi connectivity index (χ1n) is 4.79. The Morgan fingerprint density at radius 1 is 1.00 bits per heavy atom. The lowest BCUT2D eigenvalue weighted by atomic mass is 10.4. The van der Waals surface area contributed by atoms with Crippen LogP contribution >= 0.6 is 10.8 Å². The summed E-state index contributed by atoms with van der Waals surface area (Å²) in [5.41, 5.74) is 0. The van der Waals surface area contributed by atoms with E-state index in [2.05, 4.69) is 0 Å². The molecule has 2 rings (SSSR count). The second kappa shape index (κ2) is 3.90. The molecule has 1 heterocycles. The van der Waals surface area contributed by atoms with Crippen molar-refractivity contribution in [3.8, 4) is 0 Å². The Bertz CT molecular complexity index is 296. The van der Waals surface area contributed by atoms with Crippen LogP contribution in [0.5, 0.6) is 0 Å². The van der Waals surface area contributed by atoms with Gasteiger partial charge in [-0.05, 0) is 25.0 Å². The Morgan fingerprint density at radius 2 is 1.57 bits per heavy atom. The second-order valence-electron chi connectivity index (χ2n) is 3.47. The number of nitrogens with zero attached hydrogens (tertiary/aromatic N) is 1. The first-order valence-corrected chi connectivity index (χ1v) is 6.30. The van der Waals surface area contributed by atoms with E-state index in [9.17, 15) is 9.11 Å². The third kappa shape index (κ3) is 1.79. The third-order valence-electron chi connectivity index (χ3n) is 2.48. The zero-order chi connectivity index (χ0) is 10.0. The molecule has 14 heavy (non-hydrogen) atoms. The van der Waals surface area contributed by atoms with Crippen molar-refractivity contribution in [1.29, 1.82) is 0 Å². The summed E-state index contributed by atoms with van der Waals surface area (Å²) in [4.78, 5) is 0.627. The maximum atomic E-state index is 10.1. The Kier molecular flexibility index (Phi) is 2.78. The van der Waals surface area contributed by atoms with Gasteiger partial charge in [0.15, 0.2) is 0 Å². The van der Waals surface area contributed by atoms with E-state index in [-0.39, 0.29) is 0 Å². The molecule has 1 fully saturated rings. The Balaban J connectivity index is 2.22. The maximum absolute atomic E-state index is 10.1. The van der Waals surface area contributed by atoms with Crippen LogP contribution < -0.4 is 0 Å². The summed E-state index contributed by atoms with van der Waals surface area (Å²) in [6.45, 7) is 1.58. The van der Waals surface area contributed by atoms with Crippen LogP contribution in [0.1, 0.15) is 12.8 Å². The lowest BCUT2D eigenvalue weighted by Gasteiger charge is -2.40. The van der Waals surface area contributed by atoms with Crippen LogP contribution in [0.2, 0.25) is 0 Å². The van der Waals surface area contributed by atoms with E-state index in [1.54, 1.807) is 16.4 Å². The molecule has 1 saturated heterocycles. The van der Waals surface area contributed by atoms with Crippen molar-refractivity contribution in [2.24, 2.45) is 0 Å². The number of hydrogen-bond donors (Lipinski definition) is 2. The van der Waals surface area contributed by atoms with E-state index >= 15 is 0 Å². The Hall–Kier alpha value is -0.550. The quantitative estimate of drug-likeness (QED) is 0.794. The lowest BCUT2D eigenvalue weighted by Crippen LogP contribution is -2.24. The molecule has 1 aliphatic heterocycles. The predicted molar refractivity (Wildman–Crippen MR) is 58.4 cm³/mol. The monoisotopic (exact) mass is 213 g/mol. The molecule has 78 valence electrons. The third-order valence-corrected chi connectivity index (χ3v) is 4.47. The molecule has 1 aromatic rings. The van der Waals surface area contributed by atoms with Crippen molar-refractivity contribution in [1.82, 2.24) is 4.31 Å². The minimum atomic E-state index is -2.71. The largest absolute Gasteiger partial charge is 0.281 e. The molecule has 1 aromatic carbocycles. The molecule has 0 saturated carbocycles. The lowest BCUT2D eigenvalue weighted by molar-refractivity contribution is 0.386. The Morgan fingerprint density at radius 3 is 2.14 bits per heavy atom. The number of rotatable bonds is 2. The van der Waals surface area contributed by atoms with Gasteiger partial charge in [-0.2, -0.15) is 0 Å². The fraction of sp³-hybridized carbons (Fsp3) is 0.400. The van der Waals surface area contributed by atoms with Crippen LogP contribution in [-0.2, 0) is 0 Å². The first-order chi connectivity index (χ1) is 6.71. The van der Waals surface area contributed by atoms with Crippen molar-refractivity contribution in [3.05, 3.63) is 30.3 Å². The molecule has 0 amide bonds. The normalized spacial score (nSPS) is 19.9. The highest BCUT2D eigenvalue weighted by atomic mass is 32.3. The molecular formula is C10H15NO2S. The van der Waals surface area contributed by atoms with Gasteiger partial charge in [-0.3, -0.25) is 9.11 Å². The topological polar surface area (TPSA) is 43.7 Å². The van der Waals surface area contributed by atoms with E-state index in [0.717, 1.165) is 25.9 Å². The molecule has 4 heteroatoms. The Labute approximate surface area is 85.8 Å². The molecule has 0 radical (unpaired) electrons. The zero-order valence-electron chi connectivity index (χ0n) is 7.97. The van der Waals surface area contributed by atoms with Crippen LogP contribution in [0.25, 0.3) is 0 Å². The summed E-state index contributed by atoms with van der Waals surface area (Å²) in [5.74, 6) is 0. The average Bonchev–Trinajstić information content (AvgIpc) is 2.72. The second-order valence-corrected chi connectivity index (χ2v) is 5.49. The fourth-order valence-corrected chi connectivity index (χ4v) is 3.28. The molecule has 0 aromatic heterocycles. The van der Waals surface area contributed by atoms with Crippen molar-refractivity contribution >= 4 is 10.8 Å². The van der Waals surface area contributed by atoms with Crippen molar-refractivity contribution in [3.63, 3.8) is 0 Å². The smallest absolute Gasteiger partial charge is 0.0752 e. The van der Waals surface area contributed by atoms with Crippen molar-refractivity contribution in [2.75, 3.05) is 13.1 Å². The molecule has 0 atom stereocenters. The summed E-state index contributed by atoms with van der Waals surface area (Å²) in [6.07, 6.45) is 2.12. The van der Waals surface area contributed by atoms with Gasteiger partial charge in [0.05, 0.1) is 4.90 Å². The summed E-state index contributed by atoms with van der Waals surface area (Å²) in [6, 6.07) is 9.09. The number of hydrogen-bond acceptors (Lipinski definition) is 3. The van der Waals surface area contributed by atoms with Gasteiger partial charge < -0.3 is 0 Å². The minimum Gasteiger partial charge on any atom is -0.281 e. The van der Waals surface area contributed by atoms with E-state index in [1.165, 1.54) is 0 Å². The van der Waals surface area contributed by atoms with Gasteiger partial charge in [-0.25, -0.2) is 4.31 Å². The predicted octanol–water partition coefficient (Wildman–Crippen LogP) is 2.81. The van der Waals surface area contributed by atoms with Crippen LogP contribution in [0, 0.1) is 0 Å². The van der Waals surface area contributed by atoms with Gasteiger partial charge in [0, 0.05) is 13.1 Å². The summed E-state index contributed by atoms with van der Waals surface area (Å²) in [5, 5.41) is 0. The van der Waals surface area contributed by atoms with Gasteiger partial charge in [0.25, 0.3) is 0 Å². The highest BCUT2D eigenvalue weighted by molar-refractivity contribution is 8.22. The summed E-state index contributed by atoms with van der Waals surface area (Å²) < 4.78 is 21.9. The van der Waals surface area contributed by atoms with E-state index in [4.69, 9.17) is 0 Å². The van der Waals surface area contributed by atoms with Crippen LogP contribution in [-0.4, -0.2) is 26.5 Å². The van der Waals surface area contributed by atoms with Crippen LogP contribution in [0.4, 0.5) is 0 Å². The van der Waals surface area contributed by atoms with Crippen molar-refractivity contribution < 1.29 is 9.11 Å². The molecule has 0 aliphatic carbocycles. The maximum Gasteiger partial charge on any atom is 0.0752 e. The standard InChI is InChI=1S/C10H15NO2S/c12-14(13,11-8-4-5-9-11)10-6-2-1-3-7-10/h1-3,6-7,12-13H,4-5,8-9H2. The SMILES string of the molecule is OS(O)(c1ccccc1)N1CCCC1. The molecule has 0 unspecified atom stereocenters. The van der Waals surface area contributed by atoms with Gasteiger partial charge in [0.2, 0.25) is 0 Å². The highest BCUT2D eigenvalue weighted by Crippen LogP contribution is 2.52. The highest BCUT2D eigenvalue weighted by Gasteiger charge is 2.27. The number of benzene rings is 1. The van der Waals surface area contributed by atoms with E-state index < -0.39 is 10.8 Å². The fourth-order valence-electron chi connectivity index (χ4n) is 1.69. The molecule has 0 bridgehead atoms. The average molecular weight is 213 g/mol. The molecule has 1 aliphatic rings. The van der Waals surface area contributed by atoms with E-state index in [1.807, 2.05) is 18.2 Å². The minimum absolute atomic E-state index is 0.627.